The second kappa shape index (κ2) is 7.54. The highest BCUT2D eigenvalue weighted by atomic mass is 32.2. The van der Waals surface area contributed by atoms with E-state index in [0.717, 1.165) is 18.6 Å². The Morgan fingerprint density at radius 2 is 1.83 bits per heavy atom. The van der Waals surface area contributed by atoms with Gasteiger partial charge in [-0.15, -0.1) is 0 Å². The van der Waals surface area contributed by atoms with E-state index < -0.39 is 10.8 Å². The fourth-order valence-electron chi connectivity index (χ4n) is 1.96. The fourth-order valence-corrected chi connectivity index (χ4v) is 2.64. The second-order valence-corrected chi connectivity index (χ2v) is 6.46. The van der Waals surface area contributed by atoms with Crippen LogP contribution >= 0.6 is 0 Å². The van der Waals surface area contributed by atoms with E-state index in [2.05, 4.69) is 19.2 Å². The molecule has 0 fully saturated rings. The molecule has 0 aromatic heterocycles. The lowest BCUT2D eigenvalue weighted by Gasteiger charge is -2.19. The van der Waals surface area contributed by atoms with Crippen LogP contribution in [-0.4, -0.2) is 33.4 Å². The molecular formula is C14H23NO2S. The third kappa shape index (κ3) is 6.17. The number of hydrogen-bond acceptors (Lipinski definition) is 3. The largest absolute Gasteiger partial charge is 0.508 e. The van der Waals surface area contributed by atoms with Crippen LogP contribution in [0.4, 0.5) is 0 Å². The Kier molecular flexibility index (Phi) is 6.36. The maximum atomic E-state index is 11.0. The second-order valence-electron chi connectivity index (χ2n) is 4.91. The lowest BCUT2D eigenvalue weighted by molar-refractivity contribution is 0.455. The number of phenols is 1. The van der Waals surface area contributed by atoms with E-state index in [1.165, 1.54) is 5.56 Å². The van der Waals surface area contributed by atoms with Crippen LogP contribution in [0, 0.1) is 0 Å². The molecule has 0 aliphatic carbocycles. The first kappa shape index (κ1) is 15.2. The molecule has 3 unspecified atom stereocenters. The third-order valence-electron chi connectivity index (χ3n) is 2.89. The van der Waals surface area contributed by atoms with Crippen molar-refractivity contribution in [3.8, 4) is 5.75 Å². The number of hydrogen-bond donors (Lipinski definition) is 2. The molecule has 0 bridgehead atoms. The van der Waals surface area contributed by atoms with Crippen molar-refractivity contribution in [2.75, 3.05) is 12.0 Å². The van der Waals surface area contributed by atoms with Crippen LogP contribution in [0.1, 0.15) is 25.8 Å². The first-order valence-electron chi connectivity index (χ1n) is 6.31. The molecule has 0 amide bonds. The van der Waals surface area contributed by atoms with Crippen molar-refractivity contribution >= 4 is 10.8 Å². The average Bonchev–Trinajstić information content (AvgIpc) is 2.29. The summed E-state index contributed by atoms with van der Waals surface area (Å²) in [4.78, 5) is 0. The number of phenolic OH excluding ortho intramolecular Hbond substituents is 1. The molecule has 1 rings (SSSR count). The van der Waals surface area contributed by atoms with E-state index in [0.29, 0.717) is 17.8 Å². The first-order valence-corrected chi connectivity index (χ1v) is 8.04. The van der Waals surface area contributed by atoms with E-state index >= 15 is 0 Å². The van der Waals surface area contributed by atoms with Crippen LogP contribution in [0.15, 0.2) is 24.3 Å². The molecule has 3 atom stereocenters. The molecule has 2 N–H and O–H groups in total. The molecule has 0 saturated carbocycles. The Morgan fingerprint density at radius 3 is 2.39 bits per heavy atom. The maximum Gasteiger partial charge on any atom is 0.115 e. The van der Waals surface area contributed by atoms with Gasteiger partial charge in [-0.1, -0.05) is 12.1 Å². The summed E-state index contributed by atoms with van der Waals surface area (Å²) < 4.78 is 11.0. The lowest BCUT2D eigenvalue weighted by Crippen LogP contribution is -2.36. The van der Waals surface area contributed by atoms with E-state index in [-0.39, 0.29) is 0 Å². The Labute approximate surface area is 112 Å². The van der Waals surface area contributed by atoms with Gasteiger partial charge in [-0.25, -0.2) is 0 Å². The highest BCUT2D eigenvalue weighted by molar-refractivity contribution is 7.84. The van der Waals surface area contributed by atoms with Gasteiger partial charge >= 0.3 is 0 Å². The van der Waals surface area contributed by atoms with Crippen molar-refractivity contribution in [1.82, 2.24) is 5.32 Å². The zero-order valence-corrected chi connectivity index (χ0v) is 12.2. The van der Waals surface area contributed by atoms with Gasteiger partial charge in [-0.3, -0.25) is 4.21 Å². The Balaban J connectivity index is 2.34. The molecule has 3 nitrogen and oxygen atoms in total. The predicted molar refractivity (Wildman–Crippen MR) is 77.4 cm³/mol. The molecule has 4 heteroatoms. The van der Waals surface area contributed by atoms with Gasteiger partial charge in [0.1, 0.15) is 5.75 Å². The average molecular weight is 269 g/mol. The highest BCUT2D eigenvalue weighted by Crippen LogP contribution is 2.11. The van der Waals surface area contributed by atoms with Crippen LogP contribution in [0.2, 0.25) is 0 Å². The molecule has 102 valence electrons. The normalized spacial score (nSPS) is 16.2. The van der Waals surface area contributed by atoms with Crippen LogP contribution in [0.25, 0.3) is 0 Å². The van der Waals surface area contributed by atoms with Crippen LogP contribution in [-0.2, 0) is 17.2 Å². The molecule has 0 spiro atoms. The van der Waals surface area contributed by atoms with Crippen LogP contribution < -0.4 is 5.32 Å². The summed E-state index contributed by atoms with van der Waals surface area (Å²) in [6.45, 7) is 4.27. The Morgan fingerprint density at radius 1 is 1.22 bits per heavy atom. The number of nitrogens with one attached hydrogen (secondary N) is 1. The van der Waals surface area contributed by atoms with Crippen molar-refractivity contribution in [2.24, 2.45) is 0 Å². The zero-order chi connectivity index (χ0) is 13.5. The highest BCUT2D eigenvalue weighted by Gasteiger charge is 2.08. The standard InChI is InChI=1S/C14H23NO2S/c1-11(8-9-18(3)17)15-12(2)10-13-4-6-14(16)7-5-13/h4-7,11-12,15-16H,8-10H2,1-3H3. The fraction of sp³-hybridized carbons (Fsp3) is 0.571. The summed E-state index contributed by atoms with van der Waals surface area (Å²) in [5.41, 5.74) is 1.21. The number of benzene rings is 1. The third-order valence-corrected chi connectivity index (χ3v) is 3.70. The molecule has 0 saturated heterocycles. The van der Waals surface area contributed by atoms with Gasteiger partial charge < -0.3 is 10.4 Å². The van der Waals surface area contributed by atoms with E-state index in [9.17, 15) is 9.32 Å². The minimum atomic E-state index is -0.709. The van der Waals surface area contributed by atoms with Crippen molar-refractivity contribution in [3.05, 3.63) is 29.8 Å². The van der Waals surface area contributed by atoms with Gasteiger partial charge in [0, 0.05) is 34.9 Å². The monoisotopic (exact) mass is 269 g/mol. The topological polar surface area (TPSA) is 49.3 Å². The summed E-state index contributed by atoms with van der Waals surface area (Å²) in [5, 5.41) is 12.7. The smallest absolute Gasteiger partial charge is 0.115 e. The van der Waals surface area contributed by atoms with Crippen molar-refractivity contribution in [3.63, 3.8) is 0 Å². The maximum absolute atomic E-state index is 11.0. The molecule has 0 radical (unpaired) electrons. The minimum Gasteiger partial charge on any atom is -0.508 e. The summed E-state index contributed by atoms with van der Waals surface area (Å²) >= 11 is 0. The molecule has 0 aliphatic rings. The van der Waals surface area contributed by atoms with Crippen LogP contribution in [0.3, 0.4) is 0 Å². The van der Waals surface area contributed by atoms with Gasteiger partial charge in [0.25, 0.3) is 0 Å². The van der Waals surface area contributed by atoms with Gasteiger partial charge in [0.05, 0.1) is 0 Å². The zero-order valence-electron chi connectivity index (χ0n) is 11.3. The molecule has 0 aliphatic heterocycles. The molecule has 1 aromatic rings. The number of aromatic hydroxyl groups is 1. The lowest BCUT2D eigenvalue weighted by atomic mass is 10.1. The van der Waals surface area contributed by atoms with Crippen LogP contribution in [0.5, 0.6) is 5.75 Å². The van der Waals surface area contributed by atoms with Gasteiger partial charge in [-0.2, -0.15) is 0 Å². The summed E-state index contributed by atoms with van der Waals surface area (Å²) in [5.74, 6) is 1.05. The van der Waals surface area contributed by atoms with Crippen molar-refractivity contribution in [2.45, 2.75) is 38.8 Å². The minimum absolute atomic E-state index is 0.304. The Hall–Kier alpha value is -0.870. The quantitative estimate of drug-likeness (QED) is 0.796. The van der Waals surface area contributed by atoms with E-state index in [1.807, 2.05) is 12.1 Å². The predicted octanol–water partition coefficient (Wildman–Crippen LogP) is 2.07. The molecule has 0 heterocycles. The van der Waals surface area contributed by atoms with E-state index in [4.69, 9.17) is 0 Å². The molecular weight excluding hydrogens is 246 g/mol. The Bertz CT molecular complexity index is 378. The van der Waals surface area contributed by atoms with Gasteiger partial charge in [0.15, 0.2) is 0 Å². The summed E-state index contributed by atoms with van der Waals surface area (Å²) in [7, 11) is -0.709. The number of rotatable bonds is 7. The van der Waals surface area contributed by atoms with Gasteiger partial charge in [-0.05, 0) is 44.4 Å². The van der Waals surface area contributed by atoms with Crippen molar-refractivity contribution in [1.29, 1.82) is 0 Å². The van der Waals surface area contributed by atoms with Crippen molar-refractivity contribution < 1.29 is 9.32 Å². The first-order chi connectivity index (χ1) is 8.47. The van der Waals surface area contributed by atoms with E-state index in [1.54, 1.807) is 18.4 Å². The summed E-state index contributed by atoms with van der Waals surface area (Å²) in [6, 6.07) is 8.06. The van der Waals surface area contributed by atoms with Gasteiger partial charge in [0.2, 0.25) is 0 Å². The summed E-state index contributed by atoms with van der Waals surface area (Å²) in [6.07, 6.45) is 3.61. The molecule has 1 aromatic carbocycles. The SMILES string of the molecule is CC(CCS(C)=O)NC(C)Cc1ccc(O)cc1. The molecule has 18 heavy (non-hydrogen) atoms.